The van der Waals surface area contributed by atoms with Crippen LogP contribution in [0.5, 0.6) is 0 Å². The van der Waals surface area contributed by atoms with Gasteiger partial charge < -0.3 is 9.64 Å². The summed E-state index contributed by atoms with van der Waals surface area (Å²) in [6.07, 6.45) is 6.21. The van der Waals surface area contributed by atoms with E-state index in [0.717, 1.165) is 11.8 Å². The van der Waals surface area contributed by atoms with Gasteiger partial charge in [0.15, 0.2) is 0 Å². The fraction of sp³-hybridized carbons (Fsp3) is 0.857. The first-order valence-electron chi connectivity index (χ1n) is 6.91. The summed E-state index contributed by atoms with van der Waals surface area (Å²) in [5, 5.41) is 0. The second-order valence-electron chi connectivity index (χ2n) is 5.78. The molecule has 0 heterocycles. The molecule has 0 saturated heterocycles. The van der Waals surface area contributed by atoms with Crippen LogP contribution in [0.4, 0.5) is 0 Å². The minimum atomic E-state index is -0.255. The Morgan fingerprint density at radius 2 is 2.06 bits per heavy atom. The molecule has 2 aliphatic rings. The van der Waals surface area contributed by atoms with E-state index in [1.54, 1.807) is 11.9 Å². The summed E-state index contributed by atoms with van der Waals surface area (Å²) < 4.78 is 4.58. The third-order valence-electron chi connectivity index (χ3n) is 4.63. The molecule has 3 atom stereocenters. The maximum absolute atomic E-state index is 12.0. The van der Waals surface area contributed by atoms with Crippen LogP contribution in [-0.2, 0) is 14.3 Å². The van der Waals surface area contributed by atoms with Crippen molar-refractivity contribution in [3.05, 3.63) is 0 Å². The van der Waals surface area contributed by atoms with Crippen molar-refractivity contribution in [3.8, 4) is 0 Å². The predicted octanol–water partition coefficient (Wildman–Crippen LogP) is 1.83. The highest BCUT2D eigenvalue weighted by Crippen LogP contribution is 2.49. The topological polar surface area (TPSA) is 46.6 Å². The Kier molecular flexibility index (Phi) is 4.25. The van der Waals surface area contributed by atoms with Crippen molar-refractivity contribution in [2.75, 3.05) is 20.7 Å². The molecule has 0 aromatic carbocycles. The number of methoxy groups -OCH3 is 1. The average Bonchev–Trinajstić information content (AvgIpc) is 2.97. The van der Waals surface area contributed by atoms with Gasteiger partial charge in [-0.2, -0.15) is 0 Å². The van der Waals surface area contributed by atoms with E-state index < -0.39 is 0 Å². The first kappa shape index (κ1) is 13.4. The Morgan fingerprint density at radius 1 is 1.28 bits per heavy atom. The molecule has 2 saturated carbocycles. The molecule has 18 heavy (non-hydrogen) atoms. The minimum absolute atomic E-state index is 0.177. The lowest BCUT2D eigenvalue weighted by molar-refractivity contribution is -0.141. The minimum Gasteiger partial charge on any atom is -0.469 e. The van der Waals surface area contributed by atoms with Crippen molar-refractivity contribution >= 4 is 11.9 Å². The first-order valence-corrected chi connectivity index (χ1v) is 6.91. The Morgan fingerprint density at radius 3 is 2.61 bits per heavy atom. The zero-order chi connectivity index (χ0) is 13.1. The van der Waals surface area contributed by atoms with Crippen molar-refractivity contribution < 1.29 is 14.3 Å². The molecule has 4 nitrogen and oxygen atoms in total. The molecule has 4 heteroatoms. The largest absolute Gasteiger partial charge is 0.469 e. The number of hydrogen-bond acceptors (Lipinski definition) is 3. The van der Waals surface area contributed by atoms with E-state index >= 15 is 0 Å². The number of carbonyl (C=O) groups is 2. The second kappa shape index (κ2) is 5.72. The van der Waals surface area contributed by atoms with Crippen LogP contribution in [-0.4, -0.2) is 37.5 Å². The summed E-state index contributed by atoms with van der Waals surface area (Å²) in [7, 11) is 3.15. The van der Waals surface area contributed by atoms with Gasteiger partial charge in [0.2, 0.25) is 5.91 Å². The maximum atomic E-state index is 12.0. The van der Waals surface area contributed by atoms with Gasteiger partial charge in [0.25, 0.3) is 0 Å². The summed E-state index contributed by atoms with van der Waals surface area (Å²) in [6, 6.07) is 0. The zero-order valence-electron chi connectivity index (χ0n) is 11.4. The van der Waals surface area contributed by atoms with E-state index in [1.807, 2.05) is 0 Å². The number of fused-ring (bicyclic) bond motifs is 2. The number of carbonyl (C=O) groups excluding carboxylic acids is 2. The normalized spacial score (nSPS) is 29.3. The monoisotopic (exact) mass is 253 g/mol. The molecule has 2 fully saturated rings. The van der Waals surface area contributed by atoms with Crippen LogP contribution in [0, 0.1) is 17.8 Å². The molecule has 0 aliphatic heterocycles. The Balaban J connectivity index is 1.72. The highest BCUT2D eigenvalue weighted by atomic mass is 16.5. The van der Waals surface area contributed by atoms with Gasteiger partial charge in [0.05, 0.1) is 13.5 Å². The van der Waals surface area contributed by atoms with Gasteiger partial charge >= 0.3 is 5.97 Å². The van der Waals surface area contributed by atoms with Gasteiger partial charge in [0, 0.05) is 20.0 Å². The van der Waals surface area contributed by atoms with Crippen LogP contribution in [0.3, 0.4) is 0 Å². The van der Waals surface area contributed by atoms with E-state index in [0.29, 0.717) is 18.9 Å². The third-order valence-corrected chi connectivity index (χ3v) is 4.63. The van der Waals surface area contributed by atoms with Crippen LogP contribution < -0.4 is 0 Å². The van der Waals surface area contributed by atoms with Crippen LogP contribution in [0.1, 0.15) is 38.5 Å². The van der Waals surface area contributed by atoms with Crippen molar-refractivity contribution in [1.29, 1.82) is 0 Å². The molecule has 102 valence electrons. The summed E-state index contributed by atoms with van der Waals surface area (Å²) in [6.45, 7) is 0.465. The van der Waals surface area contributed by atoms with E-state index in [-0.39, 0.29) is 18.3 Å². The van der Waals surface area contributed by atoms with Gasteiger partial charge in [-0.25, -0.2) is 0 Å². The van der Waals surface area contributed by atoms with Gasteiger partial charge in [-0.1, -0.05) is 6.42 Å². The van der Waals surface area contributed by atoms with Crippen LogP contribution in [0.2, 0.25) is 0 Å². The van der Waals surface area contributed by atoms with Crippen molar-refractivity contribution in [2.24, 2.45) is 17.8 Å². The Bertz CT molecular complexity index is 329. The molecule has 0 N–H and O–H groups in total. The van der Waals surface area contributed by atoms with Gasteiger partial charge in [-0.15, -0.1) is 0 Å². The van der Waals surface area contributed by atoms with Crippen LogP contribution in [0.15, 0.2) is 0 Å². The molecule has 2 rings (SSSR count). The molecule has 0 radical (unpaired) electrons. The fourth-order valence-electron chi connectivity index (χ4n) is 3.49. The molecular formula is C14H23NO3. The van der Waals surface area contributed by atoms with Gasteiger partial charge in [-0.05, 0) is 37.0 Å². The van der Waals surface area contributed by atoms with Gasteiger partial charge in [-0.3, -0.25) is 9.59 Å². The average molecular weight is 253 g/mol. The highest BCUT2D eigenvalue weighted by Gasteiger charge is 2.40. The number of nitrogens with zero attached hydrogens (tertiary/aromatic N) is 1. The highest BCUT2D eigenvalue weighted by molar-refractivity contribution is 5.77. The molecule has 0 spiro atoms. The molecule has 0 aromatic heterocycles. The first-order chi connectivity index (χ1) is 8.60. The third kappa shape index (κ3) is 3.03. The summed E-state index contributed by atoms with van der Waals surface area (Å²) in [5.41, 5.74) is 0. The fourth-order valence-corrected chi connectivity index (χ4v) is 3.49. The Hall–Kier alpha value is -1.06. The maximum Gasteiger partial charge on any atom is 0.307 e. The predicted molar refractivity (Wildman–Crippen MR) is 67.8 cm³/mol. The van der Waals surface area contributed by atoms with Crippen LogP contribution >= 0.6 is 0 Å². The number of ether oxygens (including phenoxy) is 1. The van der Waals surface area contributed by atoms with Crippen molar-refractivity contribution in [2.45, 2.75) is 38.5 Å². The van der Waals surface area contributed by atoms with E-state index in [2.05, 4.69) is 4.74 Å². The summed E-state index contributed by atoms with van der Waals surface area (Å²) in [4.78, 5) is 24.7. The zero-order valence-corrected chi connectivity index (χ0v) is 11.4. The molecule has 0 aromatic rings. The number of rotatable bonds is 5. The van der Waals surface area contributed by atoms with E-state index in [4.69, 9.17) is 0 Å². The molecule has 2 aliphatic carbocycles. The van der Waals surface area contributed by atoms with E-state index in [1.165, 1.54) is 32.8 Å². The number of hydrogen-bond donors (Lipinski definition) is 0. The quantitative estimate of drug-likeness (QED) is 0.702. The van der Waals surface area contributed by atoms with E-state index in [9.17, 15) is 9.59 Å². The Labute approximate surface area is 109 Å². The number of esters is 1. The lowest BCUT2D eigenvalue weighted by Crippen LogP contribution is -2.31. The lowest BCUT2D eigenvalue weighted by atomic mass is 9.86. The second-order valence-corrected chi connectivity index (χ2v) is 5.78. The lowest BCUT2D eigenvalue weighted by Gasteiger charge is -2.24. The summed E-state index contributed by atoms with van der Waals surface area (Å²) >= 11 is 0. The number of amides is 1. The smallest absolute Gasteiger partial charge is 0.307 e. The standard InChI is InChI=1S/C14H23NO3/c1-15(6-5-14(17)18-2)13(16)9-12-8-10-3-4-11(12)7-10/h10-12H,3-9H2,1-2H3. The van der Waals surface area contributed by atoms with Crippen molar-refractivity contribution in [3.63, 3.8) is 0 Å². The molecular weight excluding hydrogens is 230 g/mol. The summed E-state index contributed by atoms with van der Waals surface area (Å²) in [5.74, 6) is 2.18. The van der Waals surface area contributed by atoms with Crippen LogP contribution in [0.25, 0.3) is 0 Å². The van der Waals surface area contributed by atoms with Gasteiger partial charge in [0.1, 0.15) is 0 Å². The molecule has 3 unspecified atom stereocenters. The van der Waals surface area contributed by atoms with Crippen molar-refractivity contribution in [1.82, 2.24) is 4.90 Å². The molecule has 2 bridgehead atoms. The SMILES string of the molecule is COC(=O)CCN(C)C(=O)CC1CC2CCC1C2. The molecule has 1 amide bonds.